The van der Waals surface area contributed by atoms with E-state index in [9.17, 15) is 14.3 Å². The Labute approximate surface area is 232 Å². The molecule has 0 spiro atoms. The summed E-state index contributed by atoms with van der Waals surface area (Å²) in [5.41, 5.74) is 5.11. The second-order valence-electron chi connectivity index (χ2n) is 11.2. The first-order valence-corrected chi connectivity index (χ1v) is 13.5. The van der Waals surface area contributed by atoms with Crippen LogP contribution in [0, 0.1) is 25.5 Å². The third-order valence-electron chi connectivity index (χ3n) is 7.40. The Morgan fingerprint density at radius 2 is 1.82 bits per heavy atom. The van der Waals surface area contributed by atoms with E-state index in [0.717, 1.165) is 28.8 Å². The number of ether oxygens (including phenoxy) is 2. The van der Waals surface area contributed by atoms with Crippen LogP contribution in [0.2, 0.25) is 5.02 Å². The van der Waals surface area contributed by atoms with Crippen LogP contribution in [0.4, 0.5) is 20.2 Å². The van der Waals surface area contributed by atoms with Gasteiger partial charge in [-0.05, 0) is 112 Å². The summed E-state index contributed by atoms with van der Waals surface area (Å²) in [6, 6.07) is 7.73. The highest BCUT2D eigenvalue weighted by Crippen LogP contribution is 2.49. The number of nitrogens with zero attached hydrogens (tertiary/aromatic N) is 1. The SMILES string of the molecule is Cc1cc2c(c(-c3cc(F)c4c(c3C)CCCO4)c1[C@H](OC(C)(C)C)C(=O)O)CCN2c1cc(Cl)ccc1F. The fourth-order valence-electron chi connectivity index (χ4n) is 5.79. The van der Waals surface area contributed by atoms with Crippen LogP contribution in [0.3, 0.4) is 0 Å². The van der Waals surface area contributed by atoms with E-state index in [4.69, 9.17) is 21.1 Å². The summed E-state index contributed by atoms with van der Waals surface area (Å²) in [6.45, 7) is 10.1. The summed E-state index contributed by atoms with van der Waals surface area (Å²) in [5, 5.41) is 10.8. The van der Waals surface area contributed by atoms with Gasteiger partial charge in [0.25, 0.3) is 0 Å². The summed E-state index contributed by atoms with van der Waals surface area (Å²) >= 11 is 6.22. The minimum Gasteiger partial charge on any atom is -0.490 e. The van der Waals surface area contributed by atoms with Crippen molar-refractivity contribution >= 4 is 28.9 Å². The van der Waals surface area contributed by atoms with Crippen LogP contribution < -0.4 is 9.64 Å². The number of halogens is 3. The van der Waals surface area contributed by atoms with Gasteiger partial charge in [-0.1, -0.05) is 11.6 Å². The lowest BCUT2D eigenvalue weighted by atomic mass is 9.83. The van der Waals surface area contributed by atoms with Crippen LogP contribution in [-0.4, -0.2) is 29.8 Å². The topological polar surface area (TPSA) is 59.0 Å². The number of carboxylic acid groups (broad SMARTS) is 1. The first-order chi connectivity index (χ1) is 18.4. The number of hydrogen-bond acceptors (Lipinski definition) is 4. The molecule has 0 bridgehead atoms. The van der Waals surface area contributed by atoms with Crippen LogP contribution >= 0.6 is 11.6 Å². The number of carboxylic acids is 1. The number of fused-ring (bicyclic) bond motifs is 2. The Balaban J connectivity index is 1.82. The molecule has 0 aromatic heterocycles. The normalized spacial score (nSPS) is 15.5. The van der Waals surface area contributed by atoms with E-state index < -0.39 is 29.3 Å². The van der Waals surface area contributed by atoms with Gasteiger partial charge in [-0.2, -0.15) is 0 Å². The fourth-order valence-corrected chi connectivity index (χ4v) is 5.95. The number of benzene rings is 3. The van der Waals surface area contributed by atoms with Crippen molar-refractivity contribution < 1.29 is 28.2 Å². The molecule has 0 radical (unpaired) electrons. The van der Waals surface area contributed by atoms with Gasteiger partial charge in [-0.3, -0.25) is 0 Å². The molecule has 3 aromatic rings. The molecule has 2 aliphatic heterocycles. The summed E-state index contributed by atoms with van der Waals surface area (Å²) in [4.78, 5) is 14.5. The minimum atomic E-state index is -1.29. The first-order valence-electron chi connectivity index (χ1n) is 13.1. The Bertz CT molecular complexity index is 1480. The summed E-state index contributed by atoms with van der Waals surface area (Å²) in [6.07, 6.45) is 0.635. The maximum absolute atomic E-state index is 15.5. The van der Waals surface area contributed by atoms with E-state index >= 15 is 4.39 Å². The summed E-state index contributed by atoms with van der Waals surface area (Å²) in [5.74, 6) is -1.77. The molecule has 0 aliphatic carbocycles. The Hall–Kier alpha value is -3.16. The number of rotatable bonds is 5. The third-order valence-corrected chi connectivity index (χ3v) is 7.63. The standard InChI is InChI=1S/C31H32ClF2NO4/c1-16-13-24-20(10-11-35(24)25-14-18(32)8-9-22(25)33)27(26(16)29(30(36)37)39-31(3,4)5)21-15-23(34)28-19(17(21)2)7-6-12-38-28/h8-9,13-15,29H,6-7,10-12H2,1-5H3,(H,36,37)/t29-/m0/s1. The van der Waals surface area contributed by atoms with Gasteiger partial charge in [0, 0.05) is 28.4 Å². The van der Waals surface area contributed by atoms with Crippen molar-refractivity contribution in [1.29, 1.82) is 0 Å². The molecule has 1 N–H and O–H groups in total. The molecule has 8 heteroatoms. The molecule has 0 saturated heterocycles. The van der Waals surface area contributed by atoms with Gasteiger partial charge in [0.15, 0.2) is 17.7 Å². The molecule has 1 atom stereocenters. The molecule has 5 rings (SSSR count). The van der Waals surface area contributed by atoms with Gasteiger partial charge < -0.3 is 19.5 Å². The van der Waals surface area contributed by atoms with Gasteiger partial charge in [-0.15, -0.1) is 0 Å². The number of aryl methyl sites for hydroxylation is 1. The van der Waals surface area contributed by atoms with Crippen molar-refractivity contribution in [3.8, 4) is 16.9 Å². The molecule has 39 heavy (non-hydrogen) atoms. The molecule has 2 heterocycles. The molecule has 3 aromatic carbocycles. The van der Waals surface area contributed by atoms with Crippen molar-refractivity contribution in [1.82, 2.24) is 0 Å². The number of hydrogen-bond donors (Lipinski definition) is 1. The number of aliphatic carboxylic acids is 1. The average Bonchev–Trinajstić information content (AvgIpc) is 3.28. The van der Waals surface area contributed by atoms with Crippen molar-refractivity contribution in [2.45, 2.75) is 65.6 Å². The first kappa shape index (κ1) is 27.4. The van der Waals surface area contributed by atoms with Crippen LogP contribution in [0.15, 0.2) is 30.3 Å². The third kappa shape index (κ3) is 4.98. The number of carbonyl (C=O) groups is 1. The maximum atomic E-state index is 15.5. The van der Waals surface area contributed by atoms with Gasteiger partial charge in [0.2, 0.25) is 0 Å². The second kappa shape index (κ2) is 10.1. The van der Waals surface area contributed by atoms with Crippen LogP contribution in [0.5, 0.6) is 5.75 Å². The summed E-state index contributed by atoms with van der Waals surface area (Å²) in [7, 11) is 0. The van der Waals surface area contributed by atoms with Crippen LogP contribution in [-0.2, 0) is 22.4 Å². The molecule has 2 aliphatic rings. The van der Waals surface area contributed by atoms with Gasteiger partial charge in [0.05, 0.1) is 17.9 Å². The molecule has 5 nitrogen and oxygen atoms in total. The predicted molar refractivity (Wildman–Crippen MR) is 148 cm³/mol. The van der Waals surface area contributed by atoms with Crippen molar-refractivity contribution in [2.24, 2.45) is 0 Å². The lowest BCUT2D eigenvalue weighted by Gasteiger charge is -2.30. The molecule has 206 valence electrons. The fraction of sp³-hybridized carbons (Fsp3) is 0.387. The Morgan fingerprint density at radius 1 is 1.08 bits per heavy atom. The van der Waals surface area contributed by atoms with Crippen molar-refractivity contribution in [3.05, 3.63) is 74.8 Å². The molecule has 0 amide bonds. The van der Waals surface area contributed by atoms with Crippen LogP contribution in [0.25, 0.3) is 11.1 Å². The van der Waals surface area contributed by atoms with E-state index in [-0.39, 0.29) is 5.75 Å². The van der Waals surface area contributed by atoms with E-state index in [1.54, 1.807) is 26.8 Å². The smallest absolute Gasteiger partial charge is 0.337 e. The van der Waals surface area contributed by atoms with Crippen molar-refractivity contribution in [2.75, 3.05) is 18.1 Å². The monoisotopic (exact) mass is 555 g/mol. The highest BCUT2D eigenvalue weighted by Gasteiger charge is 2.36. The average molecular weight is 556 g/mol. The minimum absolute atomic E-state index is 0.261. The van der Waals surface area contributed by atoms with Gasteiger partial charge in [0.1, 0.15) is 5.82 Å². The molecular weight excluding hydrogens is 524 g/mol. The molecular formula is C31H32ClF2NO4. The zero-order chi connectivity index (χ0) is 28.2. The number of anilines is 2. The Kier molecular flexibility index (Phi) is 7.10. The van der Waals surface area contributed by atoms with Gasteiger partial charge in [-0.25, -0.2) is 13.6 Å². The van der Waals surface area contributed by atoms with E-state index in [0.29, 0.717) is 59.0 Å². The zero-order valence-electron chi connectivity index (χ0n) is 22.8. The Morgan fingerprint density at radius 3 is 2.51 bits per heavy atom. The van der Waals surface area contributed by atoms with E-state index in [1.165, 1.54) is 18.2 Å². The van der Waals surface area contributed by atoms with Crippen molar-refractivity contribution in [3.63, 3.8) is 0 Å². The molecule has 0 unspecified atom stereocenters. The largest absolute Gasteiger partial charge is 0.490 e. The quantitative estimate of drug-likeness (QED) is 0.347. The molecule has 0 fully saturated rings. The lowest BCUT2D eigenvalue weighted by Crippen LogP contribution is -2.28. The van der Waals surface area contributed by atoms with Crippen LogP contribution in [0.1, 0.15) is 61.1 Å². The second-order valence-corrected chi connectivity index (χ2v) is 11.7. The summed E-state index contributed by atoms with van der Waals surface area (Å²) < 4.78 is 42.3. The highest BCUT2D eigenvalue weighted by molar-refractivity contribution is 6.30. The maximum Gasteiger partial charge on any atom is 0.337 e. The van der Waals surface area contributed by atoms with E-state index in [2.05, 4.69) is 0 Å². The zero-order valence-corrected chi connectivity index (χ0v) is 23.5. The predicted octanol–water partition coefficient (Wildman–Crippen LogP) is 7.86. The van der Waals surface area contributed by atoms with E-state index in [1.807, 2.05) is 24.8 Å². The molecule has 0 saturated carbocycles. The highest BCUT2D eigenvalue weighted by atomic mass is 35.5. The van der Waals surface area contributed by atoms with Gasteiger partial charge >= 0.3 is 5.97 Å². The lowest BCUT2D eigenvalue weighted by molar-refractivity contribution is -0.160.